The summed E-state index contributed by atoms with van der Waals surface area (Å²) < 4.78 is 0. The van der Waals surface area contributed by atoms with Gasteiger partial charge in [-0.2, -0.15) is 0 Å². The van der Waals surface area contributed by atoms with Crippen molar-refractivity contribution in [3.05, 3.63) is 34.3 Å². The van der Waals surface area contributed by atoms with E-state index in [4.69, 9.17) is 11.6 Å². The molecule has 2 rings (SSSR count). The molecule has 1 fully saturated rings. The maximum absolute atomic E-state index is 6.05. The van der Waals surface area contributed by atoms with E-state index in [-0.39, 0.29) is 0 Å². The molecule has 1 aromatic rings. The smallest absolute Gasteiger partial charge is 0.0408 e. The van der Waals surface area contributed by atoms with Crippen LogP contribution in [0.3, 0.4) is 0 Å². The lowest BCUT2D eigenvalue weighted by Gasteiger charge is -2.12. The normalized spacial score (nSPS) is 15.8. The molecule has 1 saturated carbocycles. The van der Waals surface area contributed by atoms with Gasteiger partial charge >= 0.3 is 0 Å². The quantitative estimate of drug-likeness (QED) is 0.822. The van der Waals surface area contributed by atoms with E-state index < -0.39 is 0 Å². The van der Waals surface area contributed by atoms with Crippen molar-refractivity contribution in [1.29, 1.82) is 0 Å². The second kappa shape index (κ2) is 5.20. The fourth-order valence-corrected chi connectivity index (χ4v) is 2.13. The van der Waals surface area contributed by atoms with Gasteiger partial charge in [-0.1, -0.05) is 31.5 Å². The van der Waals surface area contributed by atoms with Crippen LogP contribution in [0.4, 0.5) is 0 Å². The highest BCUT2D eigenvalue weighted by atomic mass is 35.5. The van der Waals surface area contributed by atoms with Gasteiger partial charge in [0.05, 0.1) is 0 Å². The van der Waals surface area contributed by atoms with Crippen LogP contribution in [0.15, 0.2) is 18.2 Å². The molecule has 1 nitrogen and oxygen atoms in total. The van der Waals surface area contributed by atoms with Crippen molar-refractivity contribution in [2.45, 2.75) is 45.7 Å². The molecule has 0 amide bonds. The van der Waals surface area contributed by atoms with Gasteiger partial charge in [-0.05, 0) is 48.4 Å². The SMILES string of the molecule is CC(C)Cc1cc(Cl)ccc1CNC1CC1. The van der Waals surface area contributed by atoms with Crippen LogP contribution in [0.25, 0.3) is 0 Å². The van der Waals surface area contributed by atoms with Gasteiger partial charge in [-0.3, -0.25) is 0 Å². The van der Waals surface area contributed by atoms with Crippen molar-refractivity contribution in [2.24, 2.45) is 5.92 Å². The Morgan fingerprint density at radius 2 is 2.06 bits per heavy atom. The van der Waals surface area contributed by atoms with Crippen molar-refractivity contribution in [3.8, 4) is 0 Å². The van der Waals surface area contributed by atoms with Gasteiger partial charge in [0.2, 0.25) is 0 Å². The minimum Gasteiger partial charge on any atom is -0.310 e. The van der Waals surface area contributed by atoms with E-state index in [1.54, 1.807) is 0 Å². The van der Waals surface area contributed by atoms with Crippen LogP contribution in [-0.4, -0.2) is 6.04 Å². The molecule has 0 heterocycles. The van der Waals surface area contributed by atoms with Gasteiger partial charge in [0.15, 0.2) is 0 Å². The van der Waals surface area contributed by atoms with E-state index in [2.05, 4.69) is 31.3 Å². The zero-order chi connectivity index (χ0) is 11.5. The summed E-state index contributed by atoms with van der Waals surface area (Å²) in [6, 6.07) is 7.04. The van der Waals surface area contributed by atoms with Crippen LogP contribution in [0.1, 0.15) is 37.8 Å². The van der Waals surface area contributed by atoms with Gasteiger partial charge in [0.25, 0.3) is 0 Å². The molecule has 0 bridgehead atoms. The number of halogens is 1. The number of benzene rings is 1. The summed E-state index contributed by atoms with van der Waals surface area (Å²) >= 11 is 6.05. The van der Waals surface area contributed by atoms with Crippen molar-refractivity contribution in [1.82, 2.24) is 5.32 Å². The molecule has 0 aliphatic heterocycles. The molecule has 0 radical (unpaired) electrons. The summed E-state index contributed by atoms with van der Waals surface area (Å²) in [4.78, 5) is 0. The van der Waals surface area contributed by atoms with Gasteiger partial charge in [0, 0.05) is 17.6 Å². The Bertz CT molecular complexity index is 356. The third-order valence-corrected chi connectivity index (χ3v) is 3.19. The van der Waals surface area contributed by atoms with Crippen LogP contribution in [0.5, 0.6) is 0 Å². The maximum atomic E-state index is 6.05. The summed E-state index contributed by atoms with van der Waals surface area (Å²) in [6.07, 6.45) is 3.79. The summed E-state index contributed by atoms with van der Waals surface area (Å²) in [6.45, 7) is 5.49. The van der Waals surface area contributed by atoms with Gasteiger partial charge < -0.3 is 5.32 Å². The second-order valence-electron chi connectivity index (χ2n) is 5.17. The van der Waals surface area contributed by atoms with Crippen molar-refractivity contribution < 1.29 is 0 Å². The zero-order valence-electron chi connectivity index (χ0n) is 10.1. The fraction of sp³-hybridized carbons (Fsp3) is 0.571. The lowest BCUT2D eigenvalue weighted by molar-refractivity contribution is 0.630. The lowest BCUT2D eigenvalue weighted by atomic mass is 9.98. The molecular formula is C14H20ClN. The Morgan fingerprint density at radius 3 is 2.69 bits per heavy atom. The summed E-state index contributed by atoms with van der Waals surface area (Å²) in [7, 11) is 0. The van der Waals surface area contributed by atoms with E-state index in [0.717, 1.165) is 24.0 Å². The molecule has 2 heteroatoms. The first-order chi connectivity index (χ1) is 7.65. The predicted octanol–water partition coefficient (Wildman–Crippen LogP) is 3.79. The van der Waals surface area contributed by atoms with Crippen LogP contribution < -0.4 is 5.32 Å². The molecule has 1 aromatic carbocycles. The zero-order valence-corrected chi connectivity index (χ0v) is 10.8. The van der Waals surface area contributed by atoms with Crippen molar-refractivity contribution >= 4 is 11.6 Å². The first-order valence-corrected chi connectivity index (χ1v) is 6.53. The molecule has 1 aliphatic rings. The standard InChI is InChI=1S/C14H20ClN/c1-10(2)7-12-8-13(15)4-3-11(12)9-16-14-5-6-14/h3-4,8,10,14,16H,5-7,9H2,1-2H3. The molecule has 0 saturated heterocycles. The molecular weight excluding hydrogens is 218 g/mol. The largest absolute Gasteiger partial charge is 0.310 e. The molecule has 0 aromatic heterocycles. The van der Waals surface area contributed by atoms with Crippen molar-refractivity contribution in [3.63, 3.8) is 0 Å². The monoisotopic (exact) mass is 237 g/mol. The molecule has 1 aliphatic carbocycles. The Kier molecular flexibility index (Phi) is 3.88. The summed E-state index contributed by atoms with van der Waals surface area (Å²) in [5.74, 6) is 0.679. The number of hydrogen-bond acceptors (Lipinski definition) is 1. The van der Waals surface area contributed by atoms with Crippen LogP contribution in [-0.2, 0) is 13.0 Å². The van der Waals surface area contributed by atoms with E-state index >= 15 is 0 Å². The number of nitrogens with one attached hydrogen (secondary N) is 1. The molecule has 16 heavy (non-hydrogen) atoms. The first-order valence-electron chi connectivity index (χ1n) is 6.16. The van der Waals surface area contributed by atoms with Crippen molar-refractivity contribution in [2.75, 3.05) is 0 Å². The van der Waals surface area contributed by atoms with Crippen LogP contribution >= 0.6 is 11.6 Å². The summed E-state index contributed by atoms with van der Waals surface area (Å²) in [5.41, 5.74) is 2.81. The average Bonchev–Trinajstić information content (AvgIpc) is 2.99. The Hall–Kier alpha value is -0.530. The first kappa shape index (κ1) is 11.9. The average molecular weight is 238 g/mol. The Balaban J connectivity index is 2.06. The predicted molar refractivity (Wildman–Crippen MR) is 69.9 cm³/mol. The summed E-state index contributed by atoms with van der Waals surface area (Å²) in [5, 5.41) is 4.42. The molecule has 0 unspecified atom stereocenters. The van der Waals surface area contributed by atoms with E-state index in [9.17, 15) is 0 Å². The number of rotatable bonds is 5. The second-order valence-corrected chi connectivity index (χ2v) is 5.60. The topological polar surface area (TPSA) is 12.0 Å². The minimum absolute atomic E-state index is 0.679. The third kappa shape index (κ3) is 3.50. The lowest BCUT2D eigenvalue weighted by Crippen LogP contribution is -2.16. The highest BCUT2D eigenvalue weighted by molar-refractivity contribution is 6.30. The van der Waals surface area contributed by atoms with Crippen LogP contribution in [0.2, 0.25) is 5.02 Å². The minimum atomic E-state index is 0.679. The third-order valence-electron chi connectivity index (χ3n) is 2.96. The van der Waals surface area contributed by atoms with E-state index in [1.807, 2.05) is 6.07 Å². The van der Waals surface area contributed by atoms with Gasteiger partial charge in [-0.15, -0.1) is 0 Å². The van der Waals surface area contributed by atoms with Gasteiger partial charge in [0.1, 0.15) is 0 Å². The molecule has 0 spiro atoms. The molecule has 0 atom stereocenters. The highest BCUT2D eigenvalue weighted by Gasteiger charge is 2.20. The maximum Gasteiger partial charge on any atom is 0.0408 e. The Labute approximate surface area is 103 Å². The number of hydrogen-bond donors (Lipinski definition) is 1. The van der Waals surface area contributed by atoms with Gasteiger partial charge in [-0.25, -0.2) is 0 Å². The highest BCUT2D eigenvalue weighted by Crippen LogP contribution is 2.22. The fourth-order valence-electron chi connectivity index (χ4n) is 1.94. The van der Waals surface area contributed by atoms with E-state index in [1.165, 1.54) is 24.0 Å². The van der Waals surface area contributed by atoms with Crippen LogP contribution in [0, 0.1) is 5.92 Å². The van der Waals surface area contributed by atoms with E-state index in [0.29, 0.717) is 5.92 Å². The molecule has 88 valence electrons. The Morgan fingerprint density at radius 1 is 1.31 bits per heavy atom. The molecule has 1 N–H and O–H groups in total.